The molecular formula is C11H15NO2. The zero-order valence-electron chi connectivity index (χ0n) is 8.36. The minimum Gasteiger partial charge on any atom is -0.508 e. The fraction of sp³-hybridized carbons (Fsp3) is 0.455. The smallest absolute Gasteiger partial charge is 0.120 e. The maximum Gasteiger partial charge on any atom is 0.120 e. The summed E-state index contributed by atoms with van der Waals surface area (Å²) in [4.78, 5) is 2.18. The van der Waals surface area contributed by atoms with E-state index in [-0.39, 0.29) is 0 Å². The Balaban J connectivity index is 2.10. The van der Waals surface area contributed by atoms with E-state index in [2.05, 4.69) is 4.90 Å². The number of rotatable bonds is 2. The Kier molecular flexibility index (Phi) is 2.70. The standard InChI is InChI=1S/C11H15NO2/c1-9-2-3-11(13)10(6-9)7-12-4-5-14-8-12/h2-3,6,13H,4-5,7-8H2,1H3. The molecule has 2 rings (SSSR count). The van der Waals surface area contributed by atoms with Crippen molar-refractivity contribution in [3.8, 4) is 5.75 Å². The van der Waals surface area contributed by atoms with Gasteiger partial charge in [0.1, 0.15) is 5.75 Å². The second kappa shape index (κ2) is 3.98. The first-order chi connectivity index (χ1) is 6.75. The highest BCUT2D eigenvalue weighted by Crippen LogP contribution is 2.20. The number of phenolic OH excluding ortho intramolecular Hbond substituents is 1. The van der Waals surface area contributed by atoms with E-state index in [0.29, 0.717) is 12.5 Å². The molecule has 3 nitrogen and oxygen atoms in total. The van der Waals surface area contributed by atoms with Gasteiger partial charge < -0.3 is 9.84 Å². The van der Waals surface area contributed by atoms with Gasteiger partial charge in [-0.25, -0.2) is 0 Å². The Morgan fingerprint density at radius 3 is 3.07 bits per heavy atom. The first kappa shape index (κ1) is 9.49. The summed E-state index contributed by atoms with van der Waals surface area (Å²) in [6, 6.07) is 5.69. The number of ether oxygens (including phenoxy) is 1. The summed E-state index contributed by atoms with van der Waals surface area (Å²) in [5, 5.41) is 9.63. The van der Waals surface area contributed by atoms with Crippen molar-refractivity contribution in [3.05, 3.63) is 29.3 Å². The third-order valence-corrected chi connectivity index (χ3v) is 2.45. The van der Waals surface area contributed by atoms with Crippen LogP contribution in [0.5, 0.6) is 5.75 Å². The summed E-state index contributed by atoms with van der Waals surface area (Å²) in [5.74, 6) is 0.377. The van der Waals surface area contributed by atoms with E-state index in [1.807, 2.05) is 19.1 Å². The highest BCUT2D eigenvalue weighted by atomic mass is 16.5. The van der Waals surface area contributed by atoms with Gasteiger partial charge in [0, 0.05) is 18.7 Å². The first-order valence-corrected chi connectivity index (χ1v) is 4.84. The molecule has 1 aliphatic rings. The molecule has 0 aliphatic carbocycles. The van der Waals surface area contributed by atoms with Crippen molar-refractivity contribution in [2.45, 2.75) is 13.5 Å². The van der Waals surface area contributed by atoms with Gasteiger partial charge in [-0.15, -0.1) is 0 Å². The molecule has 0 radical (unpaired) electrons. The zero-order valence-corrected chi connectivity index (χ0v) is 8.36. The van der Waals surface area contributed by atoms with E-state index in [1.165, 1.54) is 5.56 Å². The van der Waals surface area contributed by atoms with Gasteiger partial charge in [-0.3, -0.25) is 4.90 Å². The Morgan fingerprint density at radius 1 is 1.50 bits per heavy atom. The molecule has 0 atom stereocenters. The van der Waals surface area contributed by atoms with Gasteiger partial charge in [-0.1, -0.05) is 17.7 Å². The van der Waals surface area contributed by atoms with Crippen molar-refractivity contribution in [3.63, 3.8) is 0 Å². The minimum atomic E-state index is 0.377. The molecule has 0 bridgehead atoms. The van der Waals surface area contributed by atoms with Crippen LogP contribution in [0.4, 0.5) is 0 Å². The molecule has 0 aromatic heterocycles. The van der Waals surface area contributed by atoms with Crippen LogP contribution in [0.3, 0.4) is 0 Å². The second-order valence-electron chi connectivity index (χ2n) is 3.72. The summed E-state index contributed by atoms with van der Waals surface area (Å²) in [7, 11) is 0. The van der Waals surface area contributed by atoms with Crippen LogP contribution in [-0.4, -0.2) is 29.9 Å². The molecule has 3 heteroatoms. The SMILES string of the molecule is Cc1ccc(O)c(CN2CCOC2)c1. The van der Waals surface area contributed by atoms with E-state index in [9.17, 15) is 5.11 Å². The molecule has 1 N–H and O–H groups in total. The van der Waals surface area contributed by atoms with Crippen LogP contribution in [-0.2, 0) is 11.3 Å². The summed E-state index contributed by atoms with van der Waals surface area (Å²) in [6.07, 6.45) is 0. The van der Waals surface area contributed by atoms with E-state index < -0.39 is 0 Å². The Morgan fingerprint density at radius 2 is 2.36 bits per heavy atom. The Hall–Kier alpha value is -1.06. The van der Waals surface area contributed by atoms with Crippen LogP contribution in [0.25, 0.3) is 0 Å². The van der Waals surface area contributed by atoms with E-state index in [1.54, 1.807) is 6.07 Å². The van der Waals surface area contributed by atoms with Crippen molar-refractivity contribution < 1.29 is 9.84 Å². The zero-order chi connectivity index (χ0) is 9.97. The Labute approximate surface area is 83.9 Å². The van der Waals surface area contributed by atoms with Crippen LogP contribution >= 0.6 is 0 Å². The maximum atomic E-state index is 9.63. The largest absolute Gasteiger partial charge is 0.508 e. The third-order valence-electron chi connectivity index (χ3n) is 2.45. The molecule has 0 saturated carbocycles. The van der Waals surface area contributed by atoms with Gasteiger partial charge in [0.2, 0.25) is 0 Å². The average Bonchev–Trinajstić information content (AvgIpc) is 2.64. The highest BCUT2D eigenvalue weighted by Gasteiger charge is 2.13. The van der Waals surface area contributed by atoms with Gasteiger partial charge in [0.15, 0.2) is 0 Å². The lowest BCUT2D eigenvalue weighted by Crippen LogP contribution is -2.19. The molecule has 1 aromatic carbocycles. The molecule has 1 aliphatic heterocycles. The minimum absolute atomic E-state index is 0.377. The molecule has 0 spiro atoms. The van der Waals surface area contributed by atoms with Crippen molar-refractivity contribution in [2.24, 2.45) is 0 Å². The van der Waals surface area contributed by atoms with Crippen LogP contribution < -0.4 is 0 Å². The fourth-order valence-corrected chi connectivity index (χ4v) is 1.66. The number of hydrogen-bond acceptors (Lipinski definition) is 3. The maximum absolute atomic E-state index is 9.63. The van der Waals surface area contributed by atoms with Gasteiger partial charge >= 0.3 is 0 Å². The fourth-order valence-electron chi connectivity index (χ4n) is 1.66. The molecular weight excluding hydrogens is 178 g/mol. The first-order valence-electron chi connectivity index (χ1n) is 4.84. The van der Waals surface area contributed by atoms with E-state index >= 15 is 0 Å². The van der Waals surface area contributed by atoms with Gasteiger partial charge in [-0.2, -0.15) is 0 Å². The number of phenols is 1. The lowest BCUT2D eigenvalue weighted by Gasteiger charge is -2.14. The average molecular weight is 193 g/mol. The monoisotopic (exact) mass is 193 g/mol. The number of benzene rings is 1. The van der Waals surface area contributed by atoms with Crippen LogP contribution in [0.15, 0.2) is 18.2 Å². The number of hydrogen-bond donors (Lipinski definition) is 1. The van der Waals surface area contributed by atoms with Crippen molar-refractivity contribution in [1.29, 1.82) is 0 Å². The molecule has 0 unspecified atom stereocenters. The summed E-state index contributed by atoms with van der Waals surface area (Å²) >= 11 is 0. The summed E-state index contributed by atoms with van der Waals surface area (Å²) in [6.45, 7) is 5.23. The van der Waals surface area contributed by atoms with Gasteiger partial charge in [0.05, 0.1) is 13.3 Å². The molecule has 76 valence electrons. The van der Waals surface area contributed by atoms with Crippen LogP contribution in [0.1, 0.15) is 11.1 Å². The van der Waals surface area contributed by atoms with Crippen molar-refractivity contribution in [2.75, 3.05) is 19.9 Å². The quantitative estimate of drug-likeness (QED) is 0.772. The predicted molar refractivity (Wildman–Crippen MR) is 54.1 cm³/mol. The van der Waals surface area contributed by atoms with Crippen molar-refractivity contribution in [1.82, 2.24) is 4.90 Å². The summed E-state index contributed by atoms with van der Waals surface area (Å²) < 4.78 is 5.24. The molecule has 1 heterocycles. The highest BCUT2D eigenvalue weighted by molar-refractivity contribution is 5.35. The molecule has 14 heavy (non-hydrogen) atoms. The molecule has 1 fully saturated rings. The molecule has 1 aromatic rings. The normalized spacial score (nSPS) is 17.5. The second-order valence-corrected chi connectivity index (χ2v) is 3.72. The van der Waals surface area contributed by atoms with Crippen LogP contribution in [0.2, 0.25) is 0 Å². The topological polar surface area (TPSA) is 32.7 Å². The number of aryl methyl sites for hydroxylation is 1. The van der Waals surface area contributed by atoms with E-state index in [4.69, 9.17) is 4.74 Å². The van der Waals surface area contributed by atoms with Crippen LogP contribution in [0, 0.1) is 6.92 Å². The van der Waals surface area contributed by atoms with Gasteiger partial charge in [0.25, 0.3) is 0 Å². The van der Waals surface area contributed by atoms with E-state index in [0.717, 1.165) is 25.3 Å². The molecule has 1 saturated heterocycles. The Bertz CT molecular complexity index is 319. The van der Waals surface area contributed by atoms with Crippen molar-refractivity contribution >= 4 is 0 Å². The molecule has 0 amide bonds. The predicted octanol–water partition coefficient (Wildman–Crippen LogP) is 1.49. The lowest BCUT2D eigenvalue weighted by molar-refractivity contribution is 0.137. The lowest BCUT2D eigenvalue weighted by atomic mass is 10.1. The summed E-state index contributed by atoms with van der Waals surface area (Å²) in [5.41, 5.74) is 2.16. The third kappa shape index (κ3) is 2.05. The van der Waals surface area contributed by atoms with Gasteiger partial charge in [-0.05, 0) is 13.0 Å². The number of nitrogens with zero attached hydrogens (tertiary/aromatic N) is 1. The number of aromatic hydroxyl groups is 1.